The molecule has 1 saturated carbocycles. The van der Waals surface area contributed by atoms with Crippen LogP contribution in [0.3, 0.4) is 0 Å². The van der Waals surface area contributed by atoms with Crippen LogP contribution >= 0.6 is 0 Å². The third-order valence-corrected chi connectivity index (χ3v) is 6.02. The molecule has 2 unspecified atom stereocenters. The Labute approximate surface area is 138 Å². The van der Waals surface area contributed by atoms with Crippen LogP contribution in [-0.4, -0.2) is 49.1 Å². The van der Waals surface area contributed by atoms with E-state index in [1.54, 1.807) is 0 Å². The summed E-state index contributed by atoms with van der Waals surface area (Å²) in [6.45, 7) is 8.64. The Morgan fingerprint density at radius 3 is 2.45 bits per heavy atom. The molecule has 2 heteroatoms. The summed E-state index contributed by atoms with van der Waals surface area (Å²) in [6, 6.07) is 0. The van der Waals surface area contributed by atoms with Gasteiger partial charge in [-0.2, -0.15) is 0 Å². The molecule has 2 atom stereocenters. The van der Waals surface area contributed by atoms with E-state index in [1.165, 1.54) is 64.5 Å². The average Bonchev–Trinajstić information content (AvgIpc) is 3.28. The van der Waals surface area contributed by atoms with E-state index in [1.807, 2.05) is 0 Å². The van der Waals surface area contributed by atoms with Crippen molar-refractivity contribution in [1.29, 1.82) is 0 Å². The lowest BCUT2D eigenvalue weighted by molar-refractivity contribution is 0.0665. The second-order valence-corrected chi connectivity index (χ2v) is 8.11. The van der Waals surface area contributed by atoms with E-state index < -0.39 is 0 Å². The van der Waals surface area contributed by atoms with Crippen LogP contribution in [0.2, 0.25) is 0 Å². The van der Waals surface area contributed by atoms with Crippen LogP contribution in [0, 0.1) is 11.8 Å². The van der Waals surface area contributed by atoms with Crippen LogP contribution in [0.5, 0.6) is 0 Å². The fourth-order valence-electron chi connectivity index (χ4n) is 4.12. The molecule has 0 bridgehead atoms. The average molecular weight is 307 g/mol. The lowest BCUT2D eigenvalue weighted by Gasteiger charge is -2.43. The van der Waals surface area contributed by atoms with E-state index in [2.05, 4.69) is 49.9 Å². The van der Waals surface area contributed by atoms with Crippen molar-refractivity contribution in [2.45, 2.75) is 70.8 Å². The minimum absolute atomic E-state index is 0.415. The molecule has 0 amide bonds. The highest BCUT2D eigenvalue weighted by Crippen LogP contribution is 2.46. The smallest absolute Gasteiger partial charge is 0.0243 e. The summed E-state index contributed by atoms with van der Waals surface area (Å²) in [5.41, 5.74) is 0.415. The normalized spacial score (nSPS) is 27.8. The fraction of sp³-hybridized carbons (Fsp3) is 0.900. The summed E-state index contributed by atoms with van der Waals surface area (Å²) in [5.74, 6) is 1.91. The highest BCUT2D eigenvalue weighted by Gasteiger charge is 2.44. The maximum atomic E-state index is 2.87. The van der Waals surface area contributed by atoms with Crippen molar-refractivity contribution in [2.75, 3.05) is 33.7 Å². The van der Waals surface area contributed by atoms with Crippen molar-refractivity contribution in [1.82, 2.24) is 9.80 Å². The number of nitrogens with zero attached hydrogens (tertiary/aromatic N) is 2. The second kappa shape index (κ2) is 8.49. The van der Waals surface area contributed by atoms with Crippen LogP contribution in [0.1, 0.15) is 65.2 Å². The van der Waals surface area contributed by atoms with Crippen LogP contribution < -0.4 is 0 Å². The Balaban J connectivity index is 1.97. The van der Waals surface area contributed by atoms with Gasteiger partial charge in [-0.15, -0.1) is 0 Å². The minimum atomic E-state index is 0.415. The zero-order valence-electron chi connectivity index (χ0n) is 15.5. The van der Waals surface area contributed by atoms with Crippen molar-refractivity contribution in [2.24, 2.45) is 11.8 Å². The quantitative estimate of drug-likeness (QED) is 0.636. The van der Waals surface area contributed by atoms with Gasteiger partial charge in [0, 0.05) is 12.1 Å². The lowest BCUT2D eigenvalue weighted by atomic mass is 9.86. The largest absolute Gasteiger partial charge is 0.306 e. The van der Waals surface area contributed by atoms with Gasteiger partial charge in [0.25, 0.3) is 0 Å². The Hall–Kier alpha value is -0.340. The van der Waals surface area contributed by atoms with Crippen LogP contribution in [0.4, 0.5) is 0 Å². The SMILES string of the molecule is CCC1CCCCN(C(C)(C/C=C/CN(C)C)C2CC2)CC1. The summed E-state index contributed by atoms with van der Waals surface area (Å²) in [6.07, 6.45) is 16.0. The first-order valence-corrected chi connectivity index (χ1v) is 9.61. The van der Waals surface area contributed by atoms with Gasteiger partial charge in [0.05, 0.1) is 0 Å². The molecule has 2 rings (SSSR count). The molecule has 0 aromatic carbocycles. The van der Waals surface area contributed by atoms with Gasteiger partial charge in [0.1, 0.15) is 0 Å². The summed E-state index contributed by atoms with van der Waals surface area (Å²) < 4.78 is 0. The molecular formula is C20H38N2. The summed E-state index contributed by atoms with van der Waals surface area (Å²) >= 11 is 0. The summed E-state index contributed by atoms with van der Waals surface area (Å²) in [4.78, 5) is 5.11. The Kier molecular flexibility index (Phi) is 6.95. The van der Waals surface area contributed by atoms with E-state index in [4.69, 9.17) is 0 Å². The summed E-state index contributed by atoms with van der Waals surface area (Å²) in [7, 11) is 4.29. The maximum absolute atomic E-state index is 2.87. The van der Waals surface area contributed by atoms with Crippen LogP contribution in [-0.2, 0) is 0 Å². The van der Waals surface area contributed by atoms with Crippen LogP contribution in [0.25, 0.3) is 0 Å². The summed E-state index contributed by atoms with van der Waals surface area (Å²) in [5, 5.41) is 0. The molecule has 128 valence electrons. The predicted molar refractivity (Wildman–Crippen MR) is 97.3 cm³/mol. The van der Waals surface area contributed by atoms with Gasteiger partial charge in [0.15, 0.2) is 0 Å². The fourth-order valence-corrected chi connectivity index (χ4v) is 4.12. The molecule has 0 aromatic rings. The topological polar surface area (TPSA) is 6.48 Å². The van der Waals surface area contributed by atoms with Gasteiger partial charge in [-0.05, 0) is 78.0 Å². The van der Waals surface area contributed by atoms with Gasteiger partial charge < -0.3 is 4.90 Å². The molecule has 2 fully saturated rings. The van der Waals surface area contributed by atoms with Gasteiger partial charge in [-0.1, -0.05) is 38.3 Å². The number of hydrogen-bond acceptors (Lipinski definition) is 2. The van der Waals surface area contributed by atoms with Gasteiger partial charge in [-0.25, -0.2) is 0 Å². The standard InChI is InChI=1S/C20H38N2/c1-5-18-10-6-8-16-22(17-13-18)20(2,19-11-12-19)14-7-9-15-21(3)4/h7,9,18-19H,5-6,8,10-17H2,1-4H3/b9-7+. The highest BCUT2D eigenvalue weighted by atomic mass is 15.2. The third-order valence-electron chi connectivity index (χ3n) is 6.02. The molecule has 0 aromatic heterocycles. The Bertz CT molecular complexity index is 346. The van der Waals surface area contributed by atoms with Gasteiger partial charge in [-0.3, -0.25) is 4.90 Å². The van der Waals surface area contributed by atoms with E-state index in [0.29, 0.717) is 5.54 Å². The zero-order valence-corrected chi connectivity index (χ0v) is 15.5. The molecule has 0 spiro atoms. The molecule has 1 aliphatic carbocycles. The lowest BCUT2D eigenvalue weighted by Crippen LogP contribution is -2.49. The molecule has 0 N–H and O–H groups in total. The molecule has 1 aliphatic heterocycles. The first kappa shape index (κ1) is 18.0. The van der Waals surface area contributed by atoms with E-state index >= 15 is 0 Å². The Morgan fingerprint density at radius 2 is 1.82 bits per heavy atom. The number of rotatable bonds is 7. The molecule has 1 heterocycles. The van der Waals surface area contributed by atoms with E-state index in [9.17, 15) is 0 Å². The zero-order chi connectivity index (χ0) is 16.0. The predicted octanol–water partition coefficient (Wildman–Crippen LogP) is 4.57. The van der Waals surface area contributed by atoms with Gasteiger partial charge in [0.2, 0.25) is 0 Å². The first-order chi connectivity index (χ1) is 10.6. The molecular weight excluding hydrogens is 268 g/mol. The van der Waals surface area contributed by atoms with Crippen LogP contribution in [0.15, 0.2) is 12.2 Å². The molecule has 1 saturated heterocycles. The second-order valence-electron chi connectivity index (χ2n) is 8.11. The maximum Gasteiger partial charge on any atom is 0.0243 e. The number of likely N-dealkylation sites (tertiary alicyclic amines) is 1. The van der Waals surface area contributed by atoms with Crippen molar-refractivity contribution >= 4 is 0 Å². The molecule has 0 radical (unpaired) electrons. The number of likely N-dealkylation sites (N-methyl/N-ethyl adjacent to an activating group) is 1. The third kappa shape index (κ3) is 5.09. The molecule has 22 heavy (non-hydrogen) atoms. The monoisotopic (exact) mass is 306 g/mol. The van der Waals surface area contributed by atoms with Crippen molar-refractivity contribution < 1.29 is 0 Å². The van der Waals surface area contributed by atoms with Gasteiger partial charge >= 0.3 is 0 Å². The van der Waals surface area contributed by atoms with Crippen molar-refractivity contribution in [3.63, 3.8) is 0 Å². The van der Waals surface area contributed by atoms with Crippen molar-refractivity contribution in [3.05, 3.63) is 12.2 Å². The van der Waals surface area contributed by atoms with Crippen molar-refractivity contribution in [3.8, 4) is 0 Å². The first-order valence-electron chi connectivity index (χ1n) is 9.61. The number of hydrogen-bond donors (Lipinski definition) is 0. The highest BCUT2D eigenvalue weighted by molar-refractivity contribution is 5.04. The van der Waals surface area contributed by atoms with E-state index in [0.717, 1.165) is 18.4 Å². The minimum Gasteiger partial charge on any atom is -0.306 e. The van der Waals surface area contributed by atoms with E-state index in [-0.39, 0.29) is 0 Å². The Morgan fingerprint density at radius 1 is 1.05 bits per heavy atom. The molecule has 2 aliphatic rings. The molecule has 2 nitrogen and oxygen atoms in total.